The lowest BCUT2D eigenvalue weighted by Gasteiger charge is -2.21. The summed E-state index contributed by atoms with van der Waals surface area (Å²) in [4.78, 5) is 13.2. The maximum absolute atomic E-state index is 13.2. The first-order valence-electron chi connectivity index (χ1n) is 13.6. The molecular weight excluding hydrogens is 543 g/mol. The van der Waals surface area contributed by atoms with Crippen molar-refractivity contribution >= 4 is 16.9 Å². The Morgan fingerprint density at radius 1 is 0.857 bits per heavy atom. The van der Waals surface area contributed by atoms with Gasteiger partial charge < -0.3 is 18.8 Å². The standard InChI is InChI=1S/C34H30F3NO4/c1-3-40-33(39)32(42-29-18-23(2)17-28(20-29)41-22-24-9-5-4-6-10-24)21-38-30-12-8-7-11-26(30)19-31(38)25-13-15-27(16-14-25)34(35,36)37/h4-20,32H,3,21-22H2,1-2H3. The average Bonchev–Trinajstić information content (AvgIpc) is 3.34. The summed E-state index contributed by atoms with van der Waals surface area (Å²) in [5.74, 6) is 0.471. The number of benzene rings is 4. The molecule has 0 saturated heterocycles. The number of fused-ring (bicyclic) bond motifs is 1. The van der Waals surface area contributed by atoms with Gasteiger partial charge in [0.2, 0.25) is 6.10 Å². The Kier molecular flexibility index (Phi) is 8.52. The number of hydrogen-bond donors (Lipinski definition) is 0. The molecule has 0 saturated carbocycles. The van der Waals surface area contributed by atoms with Gasteiger partial charge in [0.15, 0.2) is 0 Å². The van der Waals surface area contributed by atoms with Gasteiger partial charge >= 0.3 is 12.1 Å². The van der Waals surface area contributed by atoms with Gasteiger partial charge in [-0.25, -0.2) is 4.79 Å². The summed E-state index contributed by atoms with van der Waals surface area (Å²) in [6, 6.07) is 29.6. The Balaban J connectivity index is 1.47. The fourth-order valence-electron chi connectivity index (χ4n) is 4.81. The highest BCUT2D eigenvalue weighted by molar-refractivity contribution is 5.87. The highest BCUT2D eigenvalue weighted by atomic mass is 19.4. The van der Waals surface area contributed by atoms with Gasteiger partial charge in [-0.1, -0.05) is 60.7 Å². The minimum atomic E-state index is -4.44. The van der Waals surface area contributed by atoms with E-state index in [-0.39, 0.29) is 13.2 Å². The Hall–Kier alpha value is -4.72. The molecule has 5 aromatic rings. The van der Waals surface area contributed by atoms with Crippen LogP contribution in [0.25, 0.3) is 22.2 Å². The largest absolute Gasteiger partial charge is 0.489 e. The van der Waals surface area contributed by atoms with Crippen LogP contribution in [0.2, 0.25) is 0 Å². The summed E-state index contributed by atoms with van der Waals surface area (Å²) in [5.41, 5.74) is 3.21. The van der Waals surface area contributed by atoms with Crippen LogP contribution in [0, 0.1) is 6.92 Å². The monoisotopic (exact) mass is 573 g/mol. The SMILES string of the molecule is CCOC(=O)C(Cn1c(-c2ccc(C(F)(F)F)cc2)cc2ccccc21)Oc1cc(C)cc(OCc2ccccc2)c1. The third-order valence-electron chi connectivity index (χ3n) is 6.77. The van der Waals surface area contributed by atoms with E-state index in [9.17, 15) is 18.0 Å². The Labute approximate surface area is 242 Å². The molecule has 0 N–H and O–H groups in total. The number of ether oxygens (including phenoxy) is 3. The predicted octanol–water partition coefficient (Wildman–Crippen LogP) is 8.23. The summed E-state index contributed by atoms with van der Waals surface area (Å²) in [6.07, 6.45) is -5.48. The lowest BCUT2D eigenvalue weighted by atomic mass is 10.1. The van der Waals surface area contributed by atoms with Gasteiger partial charge in [-0.05, 0) is 66.9 Å². The van der Waals surface area contributed by atoms with Crippen LogP contribution in [0.1, 0.15) is 23.6 Å². The molecule has 0 bridgehead atoms. The Morgan fingerprint density at radius 2 is 1.55 bits per heavy atom. The second-order valence-electron chi connectivity index (χ2n) is 9.89. The molecule has 1 heterocycles. The van der Waals surface area contributed by atoms with Crippen molar-refractivity contribution in [2.24, 2.45) is 0 Å². The first kappa shape index (κ1) is 28.8. The van der Waals surface area contributed by atoms with Crippen molar-refractivity contribution in [3.8, 4) is 22.8 Å². The number of carbonyl (C=O) groups excluding carboxylic acids is 1. The Morgan fingerprint density at radius 3 is 2.26 bits per heavy atom. The molecular formula is C34H30F3NO4. The summed E-state index contributed by atoms with van der Waals surface area (Å²) >= 11 is 0. The summed E-state index contributed by atoms with van der Waals surface area (Å²) < 4.78 is 59.2. The zero-order valence-corrected chi connectivity index (χ0v) is 23.2. The van der Waals surface area contributed by atoms with Crippen molar-refractivity contribution in [2.75, 3.05) is 6.61 Å². The maximum atomic E-state index is 13.2. The Bertz CT molecular complexity index is 1660. The van der Waals surface area contributed by atoms with Gasteiger partial charge in [0.1, 0.15) is 18.1 Å². The van der Waals surface area contributed by atoms with Crippen molar-refractivity contribution in [1.29, 1.82) is 0 Å². The molecule has 0 aliphatic carbocycles. The molecule has 0 fully saturated rings. The van der Waals surface area contributed by atoms with Gasteiger partial charge in [0, 0.05) is 22.7 Å². The molecule has 8 heteroatoms. The van der Waals surface area contributed by atoms with E-state index in [0.29, 0.717) is 29.4 Å². The van der Waals surface area contributed by atoms with Gasteiger partial charge in [-0.3, -0.25) is 0 Å². The average molecular weight is 574 g/mol. The normalized spacial score (nSPS) is 12.2. The van der Waals surface area contributed by atoms with Gasteiger partial charge in [-0.15, -0.1) is 0 Å². The molecule has 0 aliphatic heterocycles. The van der Waals surface area contributed by atoms with E-state index in [2.05, 4.69) is 0 Å². The van der Waals surface area contributed by atoms with E-state index >= 15 is 0 Å². The van der Waals surface area contributed by atoms with Crippen LogP contribution in [0.3, 0.4) is 0 Å². The van der Waals surface area contributed by atoms with Crippen LogP contribution in [-0.4, -0.2) is 23.2 Å². The van der Waals surface area contributed by atoms with Crippen LogP contribution in [0.15, 0.2) is 103 Å². The van der Waals surface area contributed by atoms with Crippen LogP contribution in [-0.2, 0) is 28.9 Å². The fourth-order valence-corrected chi connectivity index (χ4v) is 4.81. The first-order chi connectivity index (χ1) is 20.2. The lowest BCUT2D eigenvalue weighted by Crippen LogP contribution is -2.34. The molecule has 1 atom stereocenters. The van der Waals surface area contributed by atoms with Crippen LogP contribution in [0.4, 0.5) is 13.2 Å². The van der Waals surface area contributed by atoms with Crippen LogP contribution < -0.4 is 9.47 Å². The zero-order valence-electron chi connectivity index (χ0n) is 23.2. The molecule has 0 aliphatic rings. The van der Waals surface area contributed by atoms with Crippen molar-refractivity contribution < 1.29 is 32.2 Å². The van der Waals surface area contributed by atoms with E-state index in [1.807, 2.05) is 84.3 Å². The maximum Gasteiger partial charge on any atom is 0.416 e. The molecule has 0 radical (unpaired) electrons. The number of halogens is 3. The summed E-state index contributed by atoms with van der Waals surface area (Å²) in [6.45, 7) is 4.23. The van der Waals surface area contributed by atoms with Crippen molar-refractivity contribution in [1.82, 2.24) is 4.57 Å². The molecule has 1 unspecified atom stereocenters. The third kappa shape index (κ3) is 6.77. The van der Waals surface area contributed by atoms with E-state index in [1.165, 1.54) is 12.1 Å². The zero-order chi connectivity index (χ0) is 29.7. The second kappa shape index (κ2) is 12.4. The minimum absolute atomic E-state index is 0.0663. The van der Waals surface area contributed by atoms with Crippen molar-refractivity contribution in [3.63, 3.8) is 0 Å². The molecule has 42 heavy (non-hydrogen) atoms. The summed E-state index contributed by atoms with van der Waals surface area (Å²) in [5, 5.41) is 0.877. The smallest absolute Gasteiger partial charge is 0.416 e. The topological polar surface area (TPSA) is 49.7 Å². The summed E-state index contributed by atoms with van der Waals surface area (Å²) in [7, 11) is 0. The molecule has 0 amide bonds. The van der Waals surface area contributed by atoms with E-state index in [0.717, 1.165) is 34.2 Å². The molecule has 1 aromatic heterocycles. The quantitative estimate of drug-likeness (QED) is 0.158. The van der Waals surface area contributed by atoms with Crippen molar-refractivity contribution in [3.05, 3.63) is 120 Å². The number of carbonyl (C=O) groups is 1. The van der Waals surface area contributed by atoms with E-state index in [4.69, 9.17) is 14.2 Å². The number of aryl methyl sites for hydroxylation is 1. The van der Waals surface area contributed by atoms with Crippen molar-refractivity contribution in [2.45, 2.75) is 39.3 Å². The predicted molar refractivity (Wildman–Crippen MR) is 155 cm³/mol. The number of alkyl halides is 3. The van der Waals surface area contributed by atoms with E-state index < -0.39 is 23.8 Å². The van der Waals surface area contributed by atoms with Crippen LogP contribution in [0.5, 0.6) is 11.5 Å². The highest BCUT2D eigenvalue weighted by Gasteiger charge is 2.30. The fraction of sp³-hybridized carbons (Fsp3) is 0.206. The molecule has 216 valence electrons. The number of nitrogens with zero attached hydrogens (tertiary/aromatic N) is 1. The van der Waals surface area contributed by atoms with Gasteiger partial charge in [0.25, 0.3) is 0 Å². The molecule has 5 rings (SSSR count). The van der Waals surface area contributed by atoms with Gasteiger partial charge in [0.05, 0.1) is 18.7 Å². The number of rotatable bonds is 10. The molecule has 4 aromatic carbocycles. The van der Waals surface area contributed by atoms with Gasteiger partial charge in [-0.2, -0.15) is 13.2 Å². The first-order valence-corrected chi connectivity index (χ1v) is 13.6. The minimum Gasteiger partial charge on any atom is -0.489 e. The molecule has 0 spiro atoms. The van der Waals surface area contributed by atoms with Crippen LogP contribution >= 0.6 is 0 Å². The number of esters is 1. The lowest BCUT2D eigenvalue weighted by molar-refractivity contribution is -0.152. The third-order valence-corrected chi connectivity index (χ3v) is 6.77. The number of hydrogen-bond acceptors (Lipinski definition) is 4. The number of aromatic nitrogens is 1. The second-order valence-corrected chi connectivity index (χ2v) is 9.89. The molecule has 5 nitrogen and oxygen atoms in total. The highest BCUT2D eigenvalue weighted by Crippen LogP contribution is 2.34. The van der Waals surface area contributed by atoms with E-state index in [1.54, 1.807) is 13.0 Å². The number of para-hydroxylation sites is 1.